The first-order chi connectivity index (χ1) is 17.2. The molecule has 0 aromatic heterocycles. The number of hydrogen-bond donors (Lipinski definition) is 1. The second-order valence-corrected chi connectivity index (χ2v) is 11.0. The molecule has 0 fully saturated rings. The van der Waals surface area contributed by atoms with Crippen molar-refractivity contribution >= 4 is 39.6 Å². The number of sulfonamides is 1. The van der Waals surface area contributed by atoms with Crippen molar-refractivity contribution in [1.82, 2.24) is 5.43 Å². The zero-order valence-corrected chi connectivity index (χ0v) is 22.5. The molecule has 1 N–H and O–H groups in total. The molecule has 0 radical (unpaired) electrons. The fourth-order valence-electron chi connectivity index (χ4n) is 3.38. The first-order valence-electron chi connectivity index (χ1n) is 11.6. The van der Waals surface area contributed by atoms with Crippen LogP contribution >= 0.6 is 11.8 Å². The van der Waals surface area contributed by atoms with Crippen molar-refractivity contribution in [2.24, 2.45) is 5.10 Å². The van der Waals surface area contributed by atoms with Gasteiger partial charge in [0.25, 0.3) is 15.9 Å². The zero-order valence-electron chi connectivity index (χ0n) is 20.8. The van der Waals surface area contributed by atoms with Gasteiger partial charge in [0.1, 0.15) is 12.3 Å². The highest BCUT2D eigenvalue weighted by atomic mass is 32.2. The Balaban J connectivity index is 1.81. The van der Waals surface area contributed by atoms with E-state index in [0.29, 0.717) is 24.0 Å². The molecule has 3 aromatic carbocycles. The van der Waals surface area contributed by atoms with Gasteiger partial charge in [-0.05, 0) is 78.8 Å². The van der Waals surface area contributed by atoms with E-state index in [0.717, 1.165) is 14.8 Å². The lowest BCUT2D eigenvalue weighted by Crippen LogP contribution is -2.39. The third-order valence-electron chi connectivity index (χ3n) is 5.38. The summed E-state index contributed by atoms with van der Waals surface area (Å²) in [4.78, 5) is 13.8. The average Bonchev–Trinajstić information content (AvgIpc) is 2.88. The van der Waals surface area contributed by atoms with E-state index in [9.17, 15) is 13.2 Å². The van der Waals surface area contributed by atoms with Crippen LogP contribution < -0.4 is 14.5 Å². The number of rotatable bonds is 11. The van der Waals surface area contributed by atoms with Gasteiger partial charge in [-0.2, -0.15) is 5.10 Å². The number of carbonyl (C=O) groups is 1. The van der Waals surface area contributed by atoms with Gasteiger partial charge in [-0.1, -0.05) is 38.1 Å². The molecule has 3 rings (SSSR count). The smallest absolute Gasteiger partial charge is 0.264 e. The van der Waals surface area contributed by atoms with Crippen LogP contribution in [0.3, 0.4) is 0 Å². The molecule has 1 amide bonds. The first-order valence-corrected chi connectivity index (χ1v) is 14.2. The lowest BCUT2D eigenvalue weighted by molar-refractivity contribution is -0.119. The molecule has 9 heteroatoms. The summed E-state index contributed by atoms with van der Waals surface area (Å²) >= 11 is 1.52. The largest absolute Gasteiger partial charge is 0.494 e. The quantitative estimate of drug-likeness (QED) is 0.209. The fraction of sp³-hybridized carbons (Fsp3) is 0.259. The fourth-order valence-corrected chi connectivity index (χ4v) is 5.21. The van der Waals surface area contributed by atoms with Gasteiger partial charge in [-0.3, -0.25) is 9.10 Å². The number of nitrogens with zero attached hydrogens (tertiary/aromatic N) is 2. The summed E-state index contributed by atoms with van der Waals surface area (Å²) in [6.07, 6.45) is 3.44. The van der Waals surface area contributed by atoms with Gasteiger partial charge in [-0.15, -0.1) is 11.8 Å². The van der Waals surface area contributed by atoms with E-state index in [-0.39, 0.29) is 4.90 Å². The standard InChI is InChI=1S/C27H31N3O4S2/c1-5-34-24-12-10-23(11-13-24)30(36(32,33)26-16-14-25(35-4)15-17-26)19-27(31)29-28-18-21-6-8-22(9-7-21)20(2)3/h6-18,20H,5,19H2,1-4H3,(H,29,31)/b28-18-. The number of nitrogens with one attached hydrogen (secondary N) is 1. The molecule has 0 bridgehead atoms. The van der Waals surface area contributed by atoms with E-state index in [1.54, 1.807) is 48.5 Å². The lowest BCUT2D eigenvalue weighted by Gasteiger charge is -2.24. The van der Waals surface area contributed by atoms with Crippen LogP contribution in [-0.4, -0.2) is 39.9 Å². The number of carbonyl (C=O) groups excluding carboxylic acids is 1. The third-order valence-corrected chi connectivity index (χ3v) is 7.91. The van der Waals surface area contributed by atoms with E-state index < -0.39 is 22.5 Å². The Bertz CT molecular complexity index is 1270. The van der Waals surface area contributed by atoms with Crippen molar-refractivity contribution in [2.75, 3.05) is 23.7 Å². The number of amides is 1. The summed E-state index contributed by atoms with van der Waals surface area (Å²) in [5.41, 5.74) is 4.81. The number of anilines is 1. The molecule has 190 valence electrons. The molecule has 0 saturated carbocycles. The van der Waals surface area contributed by atoms with E-state index in [2.05, 4.69) is 24.4 Å². The predicted molar refractivity (Wildman–Crippen MR) is 147 cm³/mol. The minimum absolute atomic E-state index is 0.0933. The van der Waals surface area contributed by atoms with Crippen LogP contribution in [0.2, 0.25) is 0 Å². The van der Waals surface area contributed by atoms with Gasteiger partial charge in [0.05, 0.1) is 23.4 Å². The molecule has 0 unspecified atom stereocenters. The Morgan fingerprint density at radius 2 is 1.67 bits per heavy atom. The highest BCUT2D eigenvalue weighted by molar-refractivity contribution is 7.98. The second-order valence-electron chi connectivity index (χ2n) is 8.23. The Morgan fingerprint density at radius 3 is 2.22 bits per heavy atom. The van der Waals surface area contributed by atoms with E-state index in [4.69, 9.17) is 4.74 Å². The van der Waals surface area contributed by atoms with Crippen molar-refractivity contribution in [3.8, 4) is 5.75 Å². The Morgan fingerprint density at radius 1 is 1.03 bits per heavy atom. The Labute approximate surface area is 217 Å². The van der Waals surface area contributed by atoms with Crippen molar-refractivity contribution in [3.05, 3.63) is 83.9 Å². The van der Waals surface area contributed by atoms with Crippen LogP contribution in [0, 0.1) is 0 Å². The van der Waals surface area contributed by atoms with Crippen LogP contribution in [0.1, 0.15) is 37.8 Å². The molecule has 36 heavy (non-hydrogen) atoms. The highest BCUT2D eigenvalue weighted by Gasteiger charge is 2.27. The maximum atomic E-state index is 13.5. The van der Waals surface area contributed by atoms with E-state index >= 15 is 0 Å². The van der Waals surface area contributed by atoms with E-state index in [1.807, 2.05) is 37.4 Å². The van der Waals surface area contributed by atoms with Crippen LogP contribution in [-0.2, 0) is 14.8 Å². The number of benzene rings is 3. The number of thioether (sulfide) groups is 1. The normalized spacial score (nSPS) is 11.6. The lowest BCUT2D eigenvalue weighted by atomic mass is 10.0. The van der Waals surface area contributed by atoms with Gasteiger partial charge in [0.2, 0.25) is 0 Å². The molecule has 0 saturated heterocycles. The van der Waals surface area contributed by atoms with Gasteiger partial charge in [-0.25, -0.2) is 13.8 Å². The van der Waals surface area contributed by atoms with Crippen molar-refractivity contribution in [1.29, 1.82) is 0 Å². The van der Waals surface area contributed by atoms with Crippen LogP contribution in [0.5, 0.6) is 5.75 Å². The highest BCUT2D eigenvalue weighted by Crippen LogP contribution is 2.27. The van der Waals surface area contributed by atoms with Crippen molar-refractivity contribution in [3.63, 3.8) is 0 Å². The van der Waals surface area contributed by atoms with Gasteiger partial charge in [0.15, 0.2) is 0 Å². The first kappa shape index (κ1) is 27.3. The molecule has 0 heterocycles. The topological polar surface area (TPSA) is 88.1 Å². The predicted octanol–water partition coefficient (Wildman–Crippen LogP) is 5.28. The summed E-state index contributed by atoms with van der Waals surface area (Å²) in [7, 11) is -4.02. The Hall–Kier alpha value is -3.30. The number of ether oxygens (including phenoxy) is 1. The maximum Gasteiger partial charge on any atom is 0.264 e. The van der Waals surface area contributed by atoms with Crippen molar-refractivity contribution in [2.45, 2.75) is 36.5 Å². The number of hydrogen-bond acceptors (Lipinski definition) is 6. The average molecular weight is 526 g/mol. The van der Waals surface area contributed by atoms with Crippen LogP contribution in [0.15, 0.2) is 87.7 Å². The molecular weight excluding hydrogens is 494 g/mol. The number of hydrazone groups is 1. The molecule has 0 aliphatic carbocycles. The molecule has 3 aromatic rings. The third kappa shape index (κ3) is 7.11. The monoisotopic (exact) mass is 525 g/mol. The molecule has 0 aliphatic rings. The van der Waals surface area contributed by atoms with Crippen LogP contribution in [0.25, 0.3) is 0 Å². The molecule has 0 aliphatic heterocycles. The van der Waals surface area contributed by atoms with Crippen molar-refractivity contribution < 1.29 is 17.9 Å². The summed E-state index contributed by atoms with van der Waals surface area (Å²) in [5.74, 6) is 0.465. The van der Waals surface area contributed by atoms with Gasteiger partial charge < -0.3 is 4.74 Å². The summed E-state index contributed by atoms with van der Waals surface area (Å²) in [6.45, 7) is 6.15. The minimum Gasteiger partial charge on any atom is -0.494 e. The Kier molecular flexibility index (Phi) is 9.55. The SMILES string of the molecule is CCOc1ccc(N(CC(=O)N/N=C\c2ccc(C(C)C)cc2)S(=O)(=O)c2ccc(SC)cc2)cc1. The molecular formula is C27H31N3O4S2. The van der Waals surface area contributed by atoms with Crippen LogP contribution in [0.4, 0.5) is 5.69 Å². The molecule has 0 atom stereocenters. The van der Waals surface area contributed by atoms with Gasteiger partial charge >= 0.3 is 0 Å². The second kappa shape index (κ2) is 12.6. The maximum absolute atomic E-state index is 13.5. The summed E-state index contributed by atoms with van der Waals surface area (Å²) < 4.78 is 33.6. The zero-order chi connectivity index (χ0) is 26.1. The summed E-state index contributed by atoms with van der Waals surface area (Å²) in [6, 6.07) is 21.0. The molecule has 7 nitrogen and oxygen atoms in total. The minimum atomic E-state index is -4.02. The molecule has 0 spiro atoms. The summed E-state index contributed by atoms with van der Waals surface area (Å²) in [5, 5.41) is 4.01. The van der Waals surface area contributed by atoms with E-state index in [1.165, 1.54) is 23.5 Å². The van der Waals surface area contributed by atoms with Gasteiger partial charge in [0, 0.05) is 4.90 Å².